The molecule has 37 heavy (non-hydrogen) atoms. The Labute approximate surface area is 213 Å². The summed E-state index contributed by atoms with van der Waals surface area (Å²) in [5.41, 5.74) is 2.59. The molecular formula is C26H31N7O4. The second kappa shape index (κ2) is 10.5. The number of aryl methyl sites for hydroxylation is 1. The molecule has 0 atom stereocenters. The van der Waals surface area contributed by atoms with Crippen LogP contribution in [0.15, 0.2) is 29.2 Å². The summed E-state index contributed by atoms with van der Waals surface area (Å²) in [7, 11) is 1.30. The van der Waals surface area contributed by atoms with E-state index < -0.39 is 5.97 Å². The highest BCUT2D eigenvalue weighted by atomic mass is 16.5. The summed E-state index contributed by atoms with van der Waals surface area (Å²) in [5, 5.41) is 12.8. The standard InChI is InChI=1S/C26H31N7O4/c1-4-37-21-12-11-17(14-32-15-20(29-31-32)26(35)36-3)13-19(21)23-28-25(34)22-16(2)27-24(33(22)30-23)18-9-7-5-6-8-10-18/h11-13,15,18H,4-10,14H2,1-3H3,(H,28,30,34). The number of esters is 1. The Bertz CT molecular complexity index is 1480. The summed E-state index contributed by atoms with van der Waals surface area (Å²) in [6.45, 7) is 4.58. The van der Waals surface area contributed by atoms with Crippen molar-refractivity contribution in [2.75, 3.05) is 13.7 Å². The molecule has 0 unspecified atom stereocenters. The number of hydrogen-bond acceptors (Lipinski definition) is 8. The van der Waals surface area contributed by atoms with Gasteiger partial charge in [-0.2, -0.15) is 0 Å². The van der Waals surface area contributed by atoms with E-state index in [1.807, 2.05) is 32.0 Å². The average Bonchev–Trinajstić information content (AvgIpc) is 3.38. The van der Waals surface area contributed by atoms with Gasteiger partial charge in [0.05, 0.1) is 37.7 Å². The van der Waals surface area contributed by atoms with Gasteiger partial charge >= 0.3 is 5.97 Å². The lowest BCUT2D eigenvalue weighted by Gasteiger charge is -2.14. The summed E-state index contributed by atoms with van der Waals surface area (Å²) in [4.78, 5) is 32.7. The maximum absolute atomic E-state index is 13.2. The molecule has 0 aliphatic heterocycles. The van der Waals surface area contributed by atoms with Crippen molar-refractivity contribution in [2.45, 2.75) is 64.8 Å². The molecule has 1 N–H and O–H groups in total. The van der Waals surface area contributed by atoms with Crippen LogP contribution in [0.3, 0.4) is 0 Å². The number of aromatic amines is 1. The summed E-state index contributed by atoms with van der Waals surface area (Å²) in [6.07, 6.45) is 8.41. The predicted molar refractivity (Wildman–Crippen MR) is 136 cm³/mol. The van der Waals surface area contributed by atoms with E-state index in [0.29, 0.717) is 41.5 Å². The molecule has 194 valence electrons. The van der Waals surface area contributed by atoms with Gasteiger partial charge in [0.15, 0.2) is 17.0 Å². The van der Waals surface area contributed by atoms with Gasteiger partial charge < -0.3 is 14.5 Å². The zero-order valence-electron chi connectivity index (χ0n) is 21.4. The first kappa shape index (κ1) is 24.7. The van der Waals surface area contributed by atoms with E-state index in [4.69, 9.17) is 19.6 Å². The van der Waals surface area contributed by atoms with Crippen molar-refractivity contribution in [2.24, 2.45) is 0 Å². The molecule has 0 saturated heterocycles. The van der Waals surface area contributed by atoms with E-state index >= 15 is 0 Å². The van der Waals surface area contributed by atoms with E-state index in [0.717, 1.165) is 37.1 Å². The second-order valence-electron chi connectivity index (χ2n) is 9.36. The molecule has 1 saturated carbocycles. The zero-order valence-corrected chi connectivity index (χ0v) is 21.4. The van der Waals surface area contributed by atoms with E-state index in [2.05, 4.69) is 15.3 Å². The number of rotatable bonds is 7. The molecule has 1 aliphatic carbocycles. The van der Waals surface area contributed by atoms with E-state index in [1.165, 1.54) is 26.1 Å². The van der Waals surface area contributed by atoms with Crippen molar-refractivity contribution in [3.8, 4) is 17.1 Å². The molecule has 5 rings (SSSR count). The lowest BCUT2D eigenvalue weighted by Crippen LogP contribution is -2.17. The first-order chi connectivity index (χ1) is 18.0. The molecule has 1 fully saturated rings. The topological polar surface area (TPSA) is 129 Å². The minimum atomic E-state index is -0.547. The molecule has 4 aromatic rings. The monoisotopic (exact) mass is 505 g/mol. The molecular weight excluding hydrogens is 474 g/mol. The third-order valence-corrected chi connectivity index (χ3v) is 6.80. The molecule has 0 spiro atoms. The van der Waals surface area contributed by atoms with Crippen molar-refractivity contribution >= 4 is 11.5 Å². The van der Waals surface area contributed by atoms with Crippen LogP contribution in [-0.4, -0.2) is 54.3 Å². The van der Waals surface area contributed by atoms with Gasteiger partial charge in [0, 0.05) is 5.92 Å². The van der Waals surface area contributed by atoms with Crippen LogP contribution in [0, 0.1) is 6.92 Å². The molecule has 1 aromatic carbocycles. The minimum absolute atomic E-state index is 0.131. The van der Waals surface area contributed by atoms with Crippen molar-refractivity contribution in [1.29, 1.82) is 0 Å². The number of aromatic nitrogens is 7. The molecule has 3 aromatic heterocycles. The quantitative estimate of drug-likeness (QED) is 0.298. The predicted octanol–water partition coefficient (Wildman–Crippen LogP) is 3.66. The van der Waals surface area contributed by atoms with Crippen LogP contribution in [0.25, 0.3) is 16.9 Å². The number of nitrogens with one attached hydrogen (secondary N) is 1. The van der Waals surface area contributed by atoms with Crippen LogP contribution in [0.2, 0.25) is 0 Å². The Morgan fingerprint density at radius 3 is 2.70 bits per heavy atom. The van der Waals surface area contributed by atoms with Gasteiger partial charge in [-0.25, -0.2) is 19.0 Å². The summed E-state index contributed by atoms with van der Waals surface area (Å²) >= 11 is 0. The normalized spacial score (nSPS) is 14.6. The van der Waals surface area contributed by atoms with Crippen molar-refractivity contribution in [3.63, 3.8) is 0 Å². The fraction of sp³-hybridized carbons (Fsp3) is 0.462. The lowest BCUT2D eigenvalue weighted by atomic mass is 10.00. The van der Waals surface area contributed by atoms with E-state index in [-0.39, 0.29) is 17.2 Å². The lowest BCUT2D eigenvalue weighted by molar-refractivity contribution is 0.0594. The summed E-state index contributed by atoms with van der Waals surface area (Å²) < 4.78 is 13.9. The first-order valence-corrected chi connectivity index (χ1v) is 12.7. The van der Waals surface area contributed by atoms with Gasteiger partial charge in [-0.3, -0.25) is 4.79 Å². The van der Waals surface area contributed by atoms with Gasteiger partial charge in [0.2, 0.25) is 0 Å². The van der Waals surface area contributed by atoms with Crippen molar-refractivity contribution in [3.05, 3.63) is 57.5 Å². The van der Waals surface area contributed by atoms with Gasteiger partial charge in [0.25, 0.3) is 5.56 Å². The number of carbonyl (C=O) groups is 1. The van der Waals surface area contributed by atoms with Crippen LogP contribution in [0.1, 0.15) is 78.9 Å². The molecule has 3 heterocycles. The second-order valence-corrected chi connectivity index (χ2v) is 9.36. The van der Waals surface area contributed by atoms with E-state index in [9.17, 15) is 9.59 Å². The van der Waals surface area contributed by atoms with E-state index in [1.54, 1.807) is 9.20 Å². The highest BCUT2D eigenvalue weighted by molar-refractivity contribution is 5.86. The largest absolute Gasteiger partial charge is 0.493 e. The average molecular weight is 506 g/mol. The SMILES string of the molecule is CCOc1ccc(Cn2cc(C(=O)OC)nn2)cc1-c1nn2c(C3CCCCCC3)nc(C)c2c(=O)[nH]1. The van der Waals surface area contributed by atoms with Gasteiger partial charge in [0.1, 0.15) is 11.6 Å². The molecule has 11 heteroatoms. The third kappa shape index (κ3) is 4.98. The maximum Gasteiger partial charge on any atom is 0.360 e. The maximum atomic E-state index is 13.2. The number of hydrogen-bond donors (Lipinski definition) is 1. The van der Waals surface area contributed by atoms with Crippen LogP contribution < -0.4 is 10.3 Å². The van der Waals surface area contributed by atoms with Gasteiger partial charge in [-0.15, -0.1) is 10.2 Å². The number of imidazole rings is 1. The zero-order chi connectivity index (χ0) is 25.9. The number of ether oxygens (including phenoxy) is 2. The summed E-state index contributed by atoms with van der Waals surface area (Å²) in [5.74, 6) is 1.60. The molecule has 0 bridgehead atoms. The molecule has 1 aliphatic rings. The fourth-order valence-corrected chi connectivity index (χ4v) is 5.02. The Morgan fingerprint density at radius 1 is 1.19 bits per heavy atom. The van der Waals surface area contributed by atoms with Crippen LogP contribution >= 0.6 is 0 Å². The molecule has 11 nitrogen and oxygen atoms in total. The highest BCUT2D eigenvalue weighted by Crippen LogP contribution is 2.33. The van der Waals surface area contributed by atoms with Crippen LogP contribution in [0.4, 0.5) is 0 Å². The number of H-pyrrole nitrogens is 1. The number of methoxy groups -OCH3 is 1. The van der Waals surface area contributed by atoms with Crippen LogP contribution in [0.5, 0.6) is 5.75 Å². The molecule has 0 radical (unpaired) electrons. The number of carbonyl (C=O) groups excluding carboxylic acids is 1. The molecule has 0 amide bonds. The smallest absolute Gasteiger partial charge is 0.360 e. The Hall–Kier alpha value is -4.02. The highest BCUT2D eigenvalue weighted by Gasteiger charge is 2.24. The fourth-order valence-electron chi connectivity index (χ4n) is 5.02. The van der Waals surface area contributed by atoms with Gasteiger partial charge in [-0.05, 0) is 44.4 Å². The third-order valence-electron chi connectivity index (χ3n) is 6.80. The Kier molecular flexibility index (Phi) is 7.02. The minimum Gasteiger partial charge on any atom is -0.493 e. The van der Waals surface area contributed by atoms with Crippen molar-refractivity contribution in [1.82, 2.24) is 34.6 Å². The first-order valence-electron chi connectivity index (χ1n) is 12.7. The van der Waals surface area contributed by atoms with Crippen molar-refractivity contribution < 1.29 is 14.3 Å². The Balaban J connectivity index is 1.57. The summed E-state index contributed by atoms with van der Waals surface area (Å²) in [6, 6.07) is 5.66. The van der Waals surface area contributed by atoms with Gasteiger partial charge in [-0.1, -0.05) is 37.0 Å². The Morgan fingerprint density at radius 2 is 1.97 bits per heavy atom. The van der Waals surface area contributed by atoms with Crippen LogP contribution in [-0.2, 0) is 11.3 Å². The number of benzene rings is 1. The number of fused-ring (bicyclic) bond motifs is 1. The number of nitrogens with zero attached hydrogens (tertiary/aromatic N) is 6.